The molecule has 8 nitrogen and oxygen atoms in total. The van der Waals surface area contributed by atoms with Crippen LogP contribution < -0.4 is 11.2 Å². The third-order valence-corrected chi connectivity index (χ3v) is 4.79. The Morgan fingerprint density at radius 3 is 2.63 bits per heavy atom. The summed E-state index contributed by atoms with van der Waals surface area (Å²) < 4.78 is 12.3. The standard InChI is InChI=1S/C19H30N2O6/c1-2-3-4-5-6-7-8-9-18(24)27-14-12-17(26-15(14)13-22)21-11-10-16(23)20-19(21)25/h10-11,14-15,17,22H,2-9,12-13H2,1H3,(H,20,23,25)/t14-,15+,17+/m0/s1. The monoisotopic (exact) mass is 382 g/mol. The fourth-order valence-corrected chi connectivity index (χ4v) is 3.27. The molecule has 2 rings (SSSR count). The second-order valence-electron chi connectivity index (χ2n) is 6.96. The van der Waals surface area contributed by atoms with E-state index in [1.54, 1.807) is 0 Å². The lowest BCUT2D eigenvalue weighted by molar-refractivity contribution is -0.153. The number of nitrogens with one attached hydrogen (secondary N) is 1. The maximum absolute atomic E-state index is 12.1. The summed E-state index contributed by atoms with van der Waals surface area (Å²) in [6.45, 7) is 1.87. The molecule has 0 spiro atoms. The molecule has 1 aliphatic heterocycles. The highest BCUT2D eigenvalue weighted by atomic mass is 16.6. The first-order valence-corrected chi connectivity index (χ1v) is 9.82. The minimum atomic E-state index is -0.692. The van der Waals surface area contributed by atoms with Crippen LogP contribution in [0.5, 0.6) is 0 Å². The SMILES string of the molecule is CCCCCCCCCC(=O)O[C@H]1C[C@H](n2ccc(=O)[nH]c2=O)O[C@@H]1CO. The highest BCUT2D eigenvalue weighted by Gasteiger charge is 2.38. The van der Waals surface area contributed by atoms with E-state index in [2.05, 4.69) is 11.9 Å². The van der Waals surface area contributed by atoms with Crippen LogP contribution in [0.2, 0.25) is 0 Å². The number of ether oxygens (including phenoxy) is 2. The van der Waals surface area contributed by atoms with Crippen molar-refractivity contribution in [1.82, 2.24) is 9.55 Å². The van der Waals surface area contributed by atoms with Crippen LogP contribution in [0.1, 0.15) is 70.9 Å². The van der Waals surface area contributed by atoms with Gasteiger partial charge in [-0.25, -0.2) is 4.79 Å². The van der Waals surface area contributed by atoms with Crippen LogP contribution in [0, 0.1) is 0 Å². The summed E-state index contributed by atoms with van der Waals surface area (Å²) in [7, 11) is 0. The number of rotatable bonds is 11. The van der Waals surface area contributed by atoms with E-state index < -0.39 is 29.7 Å². The Bertz CT molecular complexity index is 698. The molecule has 0 unspecified atom stereocenters. The first-order chi connectivity index (χ1) is 13.0. The van der Waals surface area contributed by atoms with Crippen LogP contribution in [0.4, 0.5) is 0 Å². The van der Waals surface area contributed by atoms with Crippen molar-refractivity contribution in [2.75, 3.05) is 6.61 Å². The van der Waals surface area contributed by atoms with Crippen LogP contribution in [0.25, 0.3) is 0 Å². The fourth-order valence-electron chi connectivity index (χ4n) is 3.27. The summed E-state index contributed by atoms with van der Waals surface area (Å²) in [5.74, 6) is -0.315. The van der Waals surface area contributed by atoms with Crippen molar-refractivity contribution in [2.45, 2.75) is 83.1 Å². The summed E-state index contributed by atoms with van der Waals surface area (Å²) in [4.78, 5) is 37.3. The molecule has 0 bridgehead atoms. The largest absolute Gasteiger partial charge is 0.459 e. The van der Waals surface area contributed by atoms with Crippen LogP contribution in [-0.2, 0) is 14.3 Å². The Balaban J connectivity index is 1.79. The number of aromatic nitrogens is 2. The van der Waals surface area contributed by atoms with Crippen LogP contribution >= 0.6 is 0 Å². The zero-order chi connectivity index (χ0) is 19.6. The van der Waals surface area contributed by atoms with Gasteiger partial charge in [-0.05, 0) is 6.42 Å². The molecule has 0 saturated carbocycles. The van der Waals surface area contributed by atoms with E-state index in [0.29, 0.717) is 6.42 Å². The van der Waals surface area contributed by atoms with Gasteiger partial charge < -0.3 is 14.6 Å². The number of nitrogens with zero attached hydrogens (tertiary/aromatic N) is 1. The molecule has 0 aromatic carbocycles. The van der Waals surface area contributed by atoms with Gasteiger partial charge in [0.05, 0.1) is 6.61 Å². The average molecular weight is 382 g/mol. The predicted molar refractivity (Wildman–Crippen MR) is 99.4 cm³/mol. The van der Waals surface area contributed by atoms with Gasteiger partial charge in [-0.2, -0.15) is 0 Å². The molecular weight excluding hydrogens is 352 g/mol. The molecule has 1 aromatic rings. The molecule has 1 fully saturated rings. The number of hydrogen-bond acceptors (Lipinski definition) is 6. The summed E-state index contributed by atoms with van der Waals surface area (Å²) in [5.41, 5.74) is -1.09. The summed E-state index contributed by atoms with van der Waals surface area (Å²) in [5, 5.41) is 9.48. The van der Waals surface area contributed by atoms with Gasteiger partial charge >= 0.3 is 11.7 Å². The zero-order valence-corrected chi connectivity index (χ0v) is 15.9. The van der Waals surface area contributed by atoms with E-state index in [-0.39, 0.29) is 19.0 Å². The Morgan fingerprint density at radius 2 is 1.96 bits per heavy atom. The Kier molecular flexibility index (Phi) is 8.74. The van der Waals surface area contributed by atoms with Gasteiger partial charge in [-0.3, -0.25) is 19.1 Å². The number of aliphatic hydroxyl groups is 1. The summed E-state index contributed by atoms with van der Waals surface area (Å²) in [6.07, 6.45) is 7.74. The number of aromatic amines is 1. The molecule has 27 heavy (non-hydrogen) atoms. The third-order valence-electron chi connectivity index (χ3n) is 4.79. The second-order valence-corrected chi connectivity index (χ2v) is 6.96. The van der Waals surface area contributed by atoms with Gasteiger partial charge in [0, 0.05) is 25.1 Å². The molecule has 0 aliphatic carbocycles. The van der Waals surface area contributed by atoms with Crippen molar-refractivity contribution in [1.29, 1.82) is 0 Å². The lowest BCUT2D eigenvalue weighted by Gasteiger charge is -2.16. The van der Waals surface area contributed by atoms with Gasteiger partial charge in [-0.1, -0.05) is 45.4 Å². The van der Waals surface area contributed by atoms with Crippen molar-refractivity contribution in [3.63, 3.8) is 0 Å². The highest BCUT2D eigenvalue weighted by Crippen LogP contribution is 2.30. The van der Waals surface area contributed by atoms with E-state index in [1.165, 1.54) is 42.5 Å². The van der Waals surface area contributed by atoms with Gasteiger partial charge in [0.1, 0.15) is 18.4 Å². The number of carbonyl (C=O) groups is 1. The number of H-pyrrole nitrogens is 1. The summed E-state index contributed by atoms with van der Waals surface area (Å²) in [6, 6.07) is 1.22. The van der Waals surface area contributed by atoms with Gasteiger partial charge in [-0.15, -0.1) is 0 Å². The number of carbonyl (C=O) groups excluding carboxylic acids is 1. The smallest absolute Gasteiger partial charge is 0.330 e. The molecular formula is C19H30N2O6. The highest BCUT2D eigenvalue weighted by molar-refractivity contribution is 5.69. The van der Waals surface area contributed by atoms with E-state index in [9.17, 15) is 19.5 Å². The number of aliphatic hydroxyl groups excluding tert-OH is 1. The molecule has 8 heteroatoms. The molecule has 2 heterocycles. The number of hydrogen-bond donors (Lipinski definition) is 2. The van der Waals surface area contributed by atoms with Crippen LogP contribution in [0.15, 0.2) is 21.9 Å². The molecule has 1 aliphatic rings. The van der Waals surface area contributed by atoms with Crippen molar-refractivity contribution < 1.29 is 19.4 Å². The molecule has 1 saturated heterocycles. The molecule has 3 atom stereocenters. The normalized spacial score (nSPS) is 22.1. The fraction of sp³-hybridized carbons (Fsp3) is 0.737. The van der Waals surface area contributed by atoms with Crippen molar-refractivity contribution in [2.24, 2.45) is 0 Å². The molecule has 1 aromatic heterocycles. The lowest BCUT2D eigenvalue weighted by Crippen LogP contribution is -2.31. The van der Waals surface area contributed by atoms with E-state index >= 15 is 0 Å². The van der Waals surface area contributed by atoms with Crippen molar-refractivity contribution in [3.05, 3.63) is 33.1 Å². The van der Waals surface area contributed by atoms with E-state index in [4.69, 9.17) is 9.47 Å². The quantitative estimate of drug-likeness (QED) is 0.446. The summed E-state index contributed by atoms with van der Waals surface area (Å²) >= 11 is 0. The predicted octanol–water partition coefficient (Wildman–Crippen LogP) is 1.87. The molecule has 2 N–H and O–H groups in total. The second kappa shape index (κ2) is 11.0. The zero-order valence-electron chi connectivity index (χ0n) is 15.9. The van der Waals surface area contributed by atoms with Crippen LogP contribution in [0.3, 0.4) is 0 Å². The molecule has 152 valence electrons. The minimum Gasteiger partial charge on any atom is -0.459 e. The third kappa shape index (κ3) is 6.62. The first kappa shape index (κ1) is 21.4. The molecule has 0 radical (unpaired) electrons. The van der Waals surface area contributed by atoms with Crippen LogP contribution in [-0.4, -0.2) is 39.4 Å². The topological polar surface area (TPSA) is 111 Å². The lowest BCUT2D eigenvalue weighted by atomic mass is 10.1. The number of esters is 1. The Hall–Kier alpha value is -1.93. The Labute approximate surface area is 158 Å². The number of unbranched alkanes of at least 4 members (excludes halogenated alkanes) is 6. The maximum atomic E-state index is 12.1. The van der Waals surface area contributed by atoms with E-state index in [1.807, 2.05) is 0 Å². The average Bonchev–Trinajstić information content (AvgIpc) is 3.03. The molecule has 0 amide bonds. The first-order valence-electron chi connectivity index (χ1n) is 9.82. The minimum absolute atomic E-state index is 0.250. The maximum Gasteiger partial charge on any atom is 0.330 e. The van der Waals surface area contributed by atoms with Gasteiger partial charge in [0.2, 0.25) is 0 Å². The van der Waals surface area contributed by atoms with E-state index in [0.717, 1.165) is 19.3 Å². The van der Waals surface area contributed by atoms with Gasteiger partial charge in [0.15, 0.2) is 0 Å². The van der Waals surface area contributed by atoms with Crippen molar-refractivity contribution >= 4 is 5.97 Å². The van der Waals surface area contributed by atoms with Gasteiger partial charge in [0.25, 0.3) is 5.56 Å². The Morgan fingerprint density at radius 1 is 1.26 bits per heavy atom. The van der Waals surface area contributed by atoms with Crippen molar-refractivity contribution in [3.8, 4) is 0 Å².